The van der Waals surface area contributed by atoms with E-state index in [0.717, 1.165) is 12.8 Å². The fourth-order valence-electron chi connectivity index (χ4n) is 0.656. The van der Waals surface area contributed by atoms with Gasteiger partial charge in [-0.1, -0.05) is 19.1 Å². The second kappa shape index (κ2) is 7.32. The zero-order valence-corrected chi connectivity index (χ0v) is 7.30. The summed E-state index contributed by atoms with van der Waals surface area (Å²) >= 11 is 0. The van der Waals surface area contributed by atoms with Gasteiger partial charge < -0.3 is 4.74 Å². The highest BCUT2D eigenvalue weighted by Gasteiger charge is 1.95. The van der Waals surface area contributed by atoms with E-state index in [1.54, 1.807) is 6.92 Å². The van der Waals surface area contributed by atoms with Crippen molar-refractivity contribution in [1.82, 2.24) is 0 Å². The Bertz CT molecular complexity index is 128. The quantitative estimate of drug-likeness (QED) is 0.347. The fraction of sp³-hybridized carbons (Fsp3) is 0.667. The molecule has 0 aromatic carbocycles. The molecule has 0 aromatic heterocycles. The molecule has 0 spiro atoms. The normalized spacial score (nSPS) is 10.4. The Balaban J connectivity index is 3.08. The lowest BCUT2D eigenvalue weighted by molar-refractivity contribution is -0.143. The number of carbonyl (C=O) groups excluding carboxylic acids is 1. The average molecular weight is 156 g/mol. The largest absolute Gasteiger partial charge is 0.466 e. The second-order valence-electron chi connectivity index (χ2n) is 2.29. The van der Waals surface area contributed by atoms with Gasteiger partial charge >= 0.3 is 5.97 Å². The maximum absolute atomic E-state index is 10.6. The van der Waals surface area contributed by atoms with Crippen molar-refractivity contribution in [3.8, 4) is 0 Å². The monoisotopic (exact) mass is 156 g/mol. The van der Waals surface area contributed by atoms with Crippen LogP contribution in [0.25, 0.3) is 0 Å². The number of hydrogen-bond donors (Lipinski definition) is 0. The van der Waals surface area contributed by atoms with Crippen LogP contribution >= 0.6 is 0 Å². The lowest BCUT2D eigenvalue weighted by Crippen LogP contribution is -2.03. The van der Waals surface area contributed by atoms with Crippen molar-refractivity contribution < 1.29 is 9.53 Å². The SMILES string of the molecule is C/C=C\CCCOC(=O)CC. The molecule has 0 aliphatic heterocycles. The zero-order valence-electron chi connectivity index (χ0n) is 7.30. The van der Waals surface area contributed by atoms with Crippen molar-refractivity contribution in [1.29, 1.82) is 0 Å². The molecule has 2 heteroatoms. The molecule has 0 heterocycles. The van der Waals surface area contributed by atoms with Crippen LogP contribution in [0, 0.1) is 0 Å². The standard InChI is InChI=1S/C9H16O2/c1-3-5-6-7-8-11-9(10)4-2/h3,5H,4,6-8H2,1-2H3/b5-3-. The Kier molecular flexibility index (Phi) is 6.79. The van der Waals surface area contributed by atoms with Crippen molar-refractivity contribution in [2.24, 2.45) is 0 Å². The number of unbranched alkanes of at least 4 members (excludes halogenated alkanes) is 1. The topological polar surface area (TPSA) is 26.3 Å². The van der Waals surface area contributed by atoms with E-state index in [2.05, 4.69) is 6.08 Å². The van der Waals surface area contributed by atoms with E-state index in [-0.39, 0.29) is 5.97 Å². The highest BCUT2D eigenvalue weighted by Crippen LogP contribution is 1.93. The van der Waals surface area contributed by atoms with Crippen molar-refractivity contribution in [2.45, 2.75) is 33.1 Å². The van der Waals surface area contributed by atoms with Crippen LogP contribution in [0.3, 0.4) is 0 Å². The number of esters is 1. The van der Waals surface area contributed by atoms with Crippen LogP contribution in [-0.2, 0) is 9.53 Å². The Morgan fingerprint density at radius 2 is 2.27 bits per heavy atom. The first-order valence-corrected chi connectivity index (χ1v) is 4.08. The molecule has 0 rings (SSSR count). The molecule has 0 atom stereocenters. The van der Waals surface area contributed by atoms with Crippen molar-refractivity contribution in [2.75, 3.05) is 6.61 Å². The summed E-state index contributed by atoms with van der Waals surface area (Å²) in [7, 11) is 0. The van der Waals surface area contributed by atoms with Crippen LogP contribution in [0.5, 0.6) is 0 Å². The van der Waals surface area contributed by atoms with E-state index < -0.39 is 0 Å². The third-order valence-electron chi connectivity index (χ3n) is 1.30. The van der Waals surface area contributed by atoms with Crippen LogP contribution < -0.4 is 0 Å². The summed E-state index contributed by atoms with van der Waals surface area (Å²) in [6.07, 6.45) is 6.47. The minimum atomic E-state index is -0.106. The van der Waals surface area contributed by atoms with E-state index in [1.165, 1.54) is 0 Å². The van der Waals surface area contributed by atoms with Crippen LogP contribution in [0.1, 0.15) is 33.1 Å². The highest BCUT2D eigenvalue weighted by molar-refractivity contribution is 5.68. The van der Waals surface area contributed by atoms with Gasteiger partial charge in [-0.3, -0.25) is 4.79 Å². The van der Waals surface area contributed by atoms with Gasteiger partial charge in [-0.05, 0) is 19.8 Å². The first-order chi connectivity index (χ1) is 5.31. The molecule has 0 aliphatic carbocycles. The van der Waals surface area contributed by atoms with Gasteiger partial charge in [0.1, 0.15) is 0 Å². The molecule has 0 aliphatic rings. The van der Waals surface area contributed by atoms with Gasteiger partial charge in [0.2, 0.25) is 0 Å². The lowest BCUT2D eigenvalue weighted by Gasteiger charge is -1.99. The summed E-state index contributed by atoms with van der Waals surface area (Å²) in [6, 6.07) is 0. The van der Waals surface area contributed by atoms with Crippen LogP contribution in [0.4, 0.5) is 0 Å². The van der Waals surface area contributed by atoms with Crippen LogP contribution in [-0.4, -0.2) is 12.6 Å². The van der Waals surface area contributed by atoms with Crippen LogP contribution in [0.15, 0.2) is 12.2 Å². The highest BCUT2D eigenvalue weighted by atomic mass is 16.5. The van der Waals surface area contributed by atoms with E-state index in [4.69, 9.17) is 4.74 Å². The maximum Gasteiger partial charge on any atom is 0.305 e. The summed E-state index contributed by atoms with van der Waals surface area (Å²) in [4.78, 5) is 10.6. The number of hydrogen-bond acceptors (Lipinski definition) is 2. The second-order valence-corrected chi connectivity index (χ2v) is 2.29. The fourth-order valence-corrected chi connectivity index (χ4v) is 0.656. The predicted molar refractivity (Wildman–Crippen MR) is 45.3 cm³/mol. The lowest BCUT2D eigenvalue weighted by atomic mass is 10.3. The summed E-state index contributed by atoms with van der Waals surface area (Å²) < 4.78 is 4.86. The van der Waals surface area contributed by atoms with Gasteiger partial charge in [0, 0.05) is 6.42 Å². The van der Waals surface area contributed by atoms with E-state index in [0.29, 0.717) is 13.0 Å². The van der Waals surface area contributed by atoms with E-state index in [9.17, 15) is 4.79 Å². The number of rotatable bonds is 5. The first kappa shape index (κ1) is 10.2. The molecule has 2 nitrogen and oxygen atoms in total. The van der Waals surface area contributed by atoms with Crippen molar-refractivity contribution in [3.63, 3.8) is 0 Å². The zero-order chi connectivity index (χ0) is 8.53. The maximum atomic E-state index is 10.6. The summed E-state index contributed by atoms with van der Waals surface area (Å²) in [6.45, 7) is 4.34. The molecule has 0 aromatic rings. The van der Waals surface area contributed by atoms with Gasteiger partial charge in [0.15, 0.2) is 0 Å². The molecule has 11 heavy (non-hydrogen) atoms. The summed E-state index contributed by atoms with van der Waals surface area (Å²) in [5.41, 5.74) is 0. The molecule has 0 amide bonds. The van der Waals surface area contributed by atoms with Gasteiger partial charge in [-0.15, -0.1) is 0 Å². The summed E-state index contributed by atoms with van der Waals surface area (Å²) in [5.74, 6) is -0.106. The minimum Gasteiger partial charge on any atom is -0.466 e. The molecule has 64 valence electrons. The van der Waals surface area contributed by atoms with E-state index in [1.807, 2.05) is 13.0 Å². The predicted octanol–water partition coefficient (Wildman–Crippen LogP) is 2.30. The smallest absolute Gasteiger partial charge is 0.305 e. The Labute approximate surface area is 68.2 Å². The van der Waals surface area contributed by atoms with Crippen molar-refractivity contribution >= 4 is 5.97 Å². The Morgan fingerprint density at radius 3 is 2.82 bits per heavy atom. The molecule has 0 bridgehead atoms. The molecule has 0 saturated heterocycles. The molecular weight excluding hydrogens is 140 g/mol. The first-order valence-electron chi connectivity index (χ1n) is 4.08. The summed E-state index contributed by atoms with van der Waals surface area (Å²) in [5, 5.41) is 0. The molecule has 0 radical (unpaired) electrons. The van der Waals surface area contributed by atoms with Crippen molar-refractivity contribution in [3.05, 3.63) is 12.2 Å². The van der Waals surface area contributed by atoms with E-state index >= 15 is 0 Å². The average Bonchev–Trinajstić information content (AvgIpc) is 2.04. The minimum absolute atomic E-state index is 0.106. The van der Waals surface area contributed by atoms with Gasteiger partial charge in [0.25, 0.3) is 0 Å². The van der Waals surface area contributed by atoms with Gasteiger partial charge in [0.05, 0.1) is 6.61 Å². The molecule has 0 unspecified atom stereocenters. The molecule has 0 N–H and O–H groups in total. The number of allylic oxidation sites excluding steroid dienone is 2. The third kappa shape index (κ3) is 7.10. The molecule has 0 fully saturated rings. The molecular formula is C9H16O2. The Morgan fingerprint density at radius 1 is 1.55 bits per heavy atom. The van der Waals surface area contributed by atoms with Crippen LogP contribution in [0.2, 0.25) is 0 Å². The Hall–Kier alpha value is -0.790. The number of ether oxygens (including phenoxy) is 1. The van der Waals surface area contributed by atoms with Gasteiger partial charge in [-0.25, -0.2) is 0 Å². The van der Waals surface area contributed by atoms with Gasteiger partial charge in [-0.2, -0.15) is 0 Å². The molecule has 0 saturated carbocycles. The number of carbonyl (C=O) groups is 1. The third-order valence-corrected chi connectivity index (χ3v) is 1.30.